The second-order valence-corrected chi connectivity index (χ2v) is 3.57. The van der Waals surface area contributed by atoms with E-state index in [-0.39, 0.29) is 0 Å². The lowest BCUT2D eigenvalue weighted by Gasteiger charge is -2.09. The van der Waals surface area contributed by atoms with Gasteiger partial charge in [0.1, 0.15) is 0 Å². The van der Waals surface area contributed by atoms with E-state index in [1.807, 2.05) is 6.20 Å². The van der Waals surface area contributed by atoms with Crippen LogP contribution in [0.15, 0.2) is 42.1 Å². The number of allylic oxidation sites excluding steroid dienone is 2. The first-order chi connectivity index (χ1) is 6.45. The normalized spacial score (nSPS) is 18.2. The summed E-state index contributed by atoms with van der Waals surface area (Å²) in [4.78, 5) is 0. The Labute approximate surface area is 77.8 Å². The van der Waals surface area contributed by atoms with E-state index in [9.17, 15) is 0 Å². The molecule has 1 nitrogen and oxygen atoms in total. The third-order valence-corrected chi connectivity index (χ3v) is 2.78. The van der Waals surface area contributed by atoms with Crippen molar-refractivity contribution in [1.29, 1.82) is 0 Å². The van der Waals surface area contributed by atoms with Crippen LogP contribution < -0.4 is 5.32 Å². The lowest BCUT2D eigenvalue weighted by molar-refractivity contribution is 0.904. The van der Waals surface area contributed by atoms with Gasteiger partial charge in [0.15, 0.2) is 0 Å². The molecule has 0 bridgehead atoms. The van der Waals surface area contributed by atoms with Crippen molar-refractivity contribution >= 4 is 5.57 Å². The molecule has 0 saturated heterocycles. The van der Waals surface area contributed by atoms with Gasteiger partial charge in [0.2, 0.25) is 0 Å². The van der Waals surface area contributed by atoms with Gasteiger partial charge in [-0.15, -0.1) is 0 Å². The molecular weight excluding hydrogens is 158 g/mol. The third-order valence-electron chi connectivity index (χ3n) is 2.78. The predicted molar refractivity (Wildman–Crippen MR) is 54.2 cm³/mol. The van der Waals surface area contributed by atoms with Gasteiger partial charge in [0, 0.05) is 6.54 Å². The van der Waals surface area contributed by atoms with E-state index in [1.54, 1.807) is 0 Å². The van der Waals surface area contributed by atoms with Gasteiger partial charge in [-0.05, 0) is 41.0 Å². The van der Waals surface area contributed by atoms with Gasteiger partial charge < -0.3 is 5.32 Å². The zero-order valence-electron chi connectivity index (χ0n) is 7.38. The Morgan fingerprint density at radius 2 is 2.08 bits per heavy atom. The van der Waals surface area contributed by atoms with Crippen molar-refractivity contribution in [2.24, 2.45) is 0 Å². The van der Waals surface area contributed by atoms with Gasteiger partial charge in [-0.1, -0.05) is 24.3 Å². The monoisotopic (exact) mass is 169 g/mol. The van der Waals surface area contributed by atoms with Crippen LogP contribution in [0.5, 0.6) is 0 Å². The minimum atomic E-state index is 1.01. The molecule has 2 aliphatic rings. The Morgan fingerprint density at radius 3 is 3.08 bits per heavy atom. The first-order valence-electron chi connectivity index (χ1n) is 4.65. The fourth-order valence-electron chi connectivity index (χ4n) is 2.14. The van der Waals surface area contributed by atoms with E-state index in [4.69, 9.17) is 0 Å². The van der Waals surface area contributed by atoms with Crippen LogP contribution in [0.2, 0.25) is 0 Å². The molecule has 1 aliphatic carbocycles. The number of fused-ring (bicyclic) bond motifs is 2. The summed E-state index contributed by atoms with van der Waals surface area (Å²) in [6, 6.07) is 8.67. The second-order valence-electron chi connectivity index (χ2n) is 3.57. The van der Waals surface area contributed by atoms with Crippen molar-refractivity contribution in [3.63, 3.8) is 0 Å². The highest BCUT2D eigenvalue weighted by molar-refractivity contribution is 5.83. The van der Waals surface area contributed by atoms with Crippen molar-refractivity contribution in [1.82, 2.24) is 5.32 Å². The summed E-state index contributed by atoms with van der Waals surface area (Å²) in [6.45, 7) is 1.01. The molecular formula is C12H11N. The van der Waals surface area contributed by atoms with Gasteiger partial charge in [-0.3, -0.25) is 0 Å². The maximum Gasteiger partial charge on any atom is 0.0367 e. The average molecular weight is 169 g/mol. The van der Waals surface area contributed by atoms with Gasteiger partial charge in [0.05, 0.1) is 0 Å². The second kappa shape index (κ2) is 2.49. The van der Waals surface area contributed by atoms with Gasteiger partial charge in [-0.25, -0.2) is 0 Å². The van der Waals surface area contributed by atoms with E-state index < -0.39 is 0 Å². The Bertz CT molecular complexity index is 413. The van der Waals surface area contributed by atoms with Crippen molar-refractivity contribution in [2.75, 3.05) is 6.54 Å². The first-order valence-corrected chi connectivity index (χ1v) is 4.65. The standard InChI is InChI=1S/C12H11N/c1-2-4-11-9(3-1)7-10-8-13-6-5-12(10)11/h1-6,13H,7-8H2. The van der Waals surface area contributed by atoms with Crippen LogP contribution in [0.3, 0.4) is 0 Å². The number of hydrogen-bond acceptors (Lipinski definition) is 1. The van der Waals surface area contributed by atoms with Crippen LogP contribution in [-0.2, 0) is 6.42 Å². The molecule has 0 spiro atoms. The van der Waals surface area contributed by atoms with Crippen molar-refractivity contribution < 1.29 is 0 Å². The Balaban J connectivity index is 2.18. The van der Waals surface area contributed by atoms with Crippen LogP contribution in [0.4, 0.5) is 0 Å². The molecule has 0 radical (unpaired) electrons. The summed E-state index contributed by atoms with van der Waals surface area (Å²) in [5.74, 6) is 0. The summed E-state index contributed by atoms with van der Waals surface area (Å²) in [5.41, 5.74) is 5.87. The Morgan fingerprint density at radius 1 is 1.15 bits per heavy atom. The molecule has 0 amide bonds. The molecule has 1 aromatic rings. The number of nitrogens with one attached hydrogen (secondary N) is 1. The zero-order valence-corrected chi connectivity index (χ0v) is 7.38. The molecule has 1 heteroatoms. The van der Waals surface area contributed by atoms with Crippen LogP contribution in [0.25, 0.3) is 5.57 Å². The summed E-state index contributed by atoms with van der Waals surface area (Å²) >= 11 is 0. The van der Waals surface area contributed by atoms with E-state index in [2.05, 4.69) is 35.7 Å². The van der Waals surface area contributed by atoms with Crippen LogP contribution >= 0.6 is 0 Å². The van der Waals surface area contributed by atoms with E-state index in [0.717, 1.165) is 13.0 Å². The molecule has 1 heterocycles. The molecule has 0 atom stereocenters. The highest BCUT2D eigenvalue weighted by atomic mass is 14.8. The smallest absolute Gasteiger partial charge is 0.0367 e. The third kappa shape index (κ3) is 0.934. The maximum atomic E-state index is 3.25. The summed E-state index contributed by atoms with van der Waals surface area (Å²) in [5, 5.41) is 3.25. The highest BCUT2D eigenvalue weighted by Crippen LogP contribution is 2.34. The number of dihydropyridines is 1. The Hall–Kier alpha value is -1.50. The summed E-state index contributed by atoms with van der Waals surface area (Å²) in [6.07, 6.45) is 5.36. The SMILES string of the molecule is C1=CC2=C(CN1)Cc1ccccc12. The predicted octanol–water partition coefficient (Wildman–Crippen LogP) is 2.11. The molecule has 1 aromatic carbocycles. The van der Waals surface area contributed by atoms with Gasteiger partial charge in [0.25, 0.3) is 0 Å². The molecule has 0 aromatic heterocycles. The fourth-order valence-corrected chi connectivity index (χ4v) is 2.14. The van der Waals surface area contributed by atoms with Crippen LogP contribution in [0, 0.1) is 0 Å². The molecule has 1 N–H and O–H groups in total. The topological polar surface area (TPSA) is 12.0 Å². The molecule has 0 saturated carbocycles. The van der Waals surface area contributed by atoms with Crippen molar-refractivity contribution in [2.45, 2.75) is 6.42 Å². The maximum absolute atomic E-state index is 3.25. The zero-order chi connectivity index (χ0) is 8.67. The van der Waals surface area contributed by atoms with E-state index in [1.165, 1.54) is 22.3 Å². The molecule has 0 fully saturated rings. The molecule has 3 rings (SSSR count). The van der Waals surface area contributed by atoms with Crippen molar-refractivity contribution in [3.8, 4) is 0 Å². The number of rotatable bonds is 0. The molecule has 64 valence electrons. The lowest BCUT2D eigenvalue weighted by Crippen LogP contribution is -2.13. The average Bonchev–Trinajstić information content (AvgIpc) is 2.56. The minimum absolute atomic E-state index is 1.01. The summed E-state index contributed by atoms with van der Waals surface area (Å²) < 4.78 is 0. The van der Waals surface area contributed by atoms with E-state index >= 15 is 0 Å². The minimum Gasteiger partial charge on any atom is -0.387 e. The van der Waals surface area contributed by atoms with Crippen molar-refractivity contribution in [3.05, 3.63) is 53.2 Å². The largest absolute Gasteiger partial charge is 0.387 e. The van der Waals surface area contributed by atoms with E-state index in [0.29, 0.717) is 0 Å². The molecule has 13 heavy (non-hydrogen) atoms. The first kappa shape index (κ1) is 6.96. The van der Waals surface area contributed by atoms with Crippen LogP contribution in [-0.4, -0.2) is 6.54 Å². The van der Waals surface area contributed by atoms with Crippen LogP contribution in [0.1, 0.15) is 11.1 Å². The quantitative estimate of drug-likeness (QED) is 0.627. The number of hydrogen-bond donors (Lipinski definition) is 1. The molecule has 1 aliphatic heterocycles. The van der Waals surface area contributed by atoms with Gasteiger partial charge >= 0.3 is 0 Å². The summed E-state index contributed by atoms with van der Waals surface area (Å²) in [7, 11) is 0. The lowest BCUT2D eigenvalue weighted by atomic mass is 10.0. The molecule has 0 unspecified atom stereocenters. The Kier molecular flexibility index (Phi) is 1.33. The van der Waals surface area contributed by atoms with Gasteiger partial charge in [-0.2, -0.15) is 0 Å². The highest BCUT2D eigenvalue weighted by Gasteiger charge is 2.19. The number of benzene rings is 1. The fraction of sp³-hybridized carbons (Fsp3) is 0.167.